The highest BCUT2D eigenvalue weighted by Gasteiger charge is 2.09. The average molecular weight is 264 g/mol. The second kappa shape index (κ2) is 6.07. The number of nitrogens with zero attached hydrogens (tertiary/aromatic N) is 2. The van der Waals surface area contributed by atoms with Gasteiger partial charge in [0.05, 0.1) is 12.8 Å². The number of benzene rings is 1. The van der Waals surface area contributed by atoms with Gasteiger partial charge in [-0.1, -0.05) is 12.1 Å². The first-order valence-corrected chi connectivity index (χ1v) is 5.48. The fourth-order valence-electron chi connectivity index (χ4n) is 1.47. The first-order valence-electron chi connectivity index (χ1n) is 5.48. The van der Waals surface area contributed by atoms with Crippen LogP contribution in [0.2, 0.25) is 0 Å². The van der Waals surface area contributed by atoms with Gasteiger partial charge in [0.25, 0.3) is 5.88 Å². The molecule has 0 amide bonds. The van der Waals surface area contributed by atoms with Gasteiger partial charge >= 0.3 is 0 Å². The summed E-state index contributed by atoms with van der Waals surface area (Å²) in [7, 11) is 1.59. The van der Waals surface area contributed by atoms with Crippen molar-refractivity contribution in [2.24, 2.45) is 5.84 Å². The van der Waals surface area contributed by atoms with E-state index in [9.17, 15) is 4.39 Å². The number of nitrogens with two attached hydrogens (primary N) is 1. The molecule has 0 unspecified atom stereocenters. The van der Waals surface area contributed by atoms with Crippen LogP contribution in [0.25, 0.3) is 0 Å². The highest BCUT2D eigenvalue weighted by Crippen LogP contribution is 2.23. The van der Waals surface area contributed by atoms with Crippen molar-refractivity contribution in [2.75, 3.05) is 12.5 Å². The molecule has 2 rings (SSSR count). The smallest absolute Gasteiger partial charge is 0.260 e. The molecule has 2 aromatic rings. The Morgan fingerprint density at radius 1 is 1.42 bits per heavy atom. The Hall–Kier alpha value is -2.25. The van der Waals surface area contributed by atoms with E-state index >= 15 is 0 Å². The molecule has 6 nitrogen and oxygen atoms in total. The van der Waals surface area contributed by atoms with E-state index < -0.39 is 5.82 Å². The van der Waals surface area contributed by atoms with Crippen molar-refractivity contribution in [3.63, 3.8) is 0 Å². The molecule has 0 spiro atoms. The number of hydrogen-bond acceptors (Lipinski definition) is 6. The molecule has 0 radical (unpaired) electrons. The number of hydrazine groups is 1. The summed E-state index contributed by atoms with van der Waals surface area (Å²) in [6.45, 7) is 0.444. The van der Waals surface area contributed by atoms with Crippen molar-refractivity contribution >= 4 is 5.95 Å². The predicted molar refractivity (Wildman–Crippen MR) is 67.0 cm³/mol. The summed E-state index contributed by atoms with van der Waals surface area (Å²) < 4.78 is 23.9. The minimum absolute atomic E-state index is 0.0736. The predicted octanol–water partition coefficient (Wildman–Crippen LogP) is 1.84. The van der Waals surface area contributed by atoms with Crippen molar-refractivity contribution in [2.45, 2.75) is 6.61 Å². The van der Waals surface area contributed by atoms with Gasteiger partial charge in [0.2, 0.25) is 11.8 Å². The highest BCUT2D eigenvalue weighted by molar-refractivity contribution is 5.33. The molecule has 0 atom stereocenters. The van der Waals surface area contributed by atoms with Gasteiger partial charge in [0.1, 0.15) is 5.75 Å². The fraction of sp³-hybridized carbons (Fsp3) is 0.167. The van der Waals surface area contributed by atoms with Gasteiger partial charge in [-0.05, 0) is 17.7 Å². The number of nitrogen functional groups attached to an aromatic ring is 1. The van der Waals surface area contributed by atoms with E-state index in [4.69, 9.17) is 15.3 Å². The lowest BCUT2D eigenvalue weighted by Crippen LogP contribution is -2.11. The number of aromatic nitrogens is 2. The molecule has 0 fully saturated rings. The number of anilines is 1. The zero-order chi connectivity index (χ0) is 13.7. The number of hydrogen-bond donors (Lipinski definition) is 2. The molecule has 0 aliphatic rings. The maximum Gasteiger partial charge on any atom is 0.260 e. The first kappa shape index (κ1) is 13.2. The van der Waals surface area contributed by atoms with E-state index in [1.807, 2.05) is 6.07 Å². The number of halogens is 1. The van der Waals surface area contributed by atoms with Gasteiger partial charge in [-0.2, -0.15) is 9.37 Å². The zero-order valence-corrected chi connectivity index (χ0v) is 10.3. The van der Waals surface area contributed by atoms with Gasteiger partial charge in [-0.25, -0.2) is 10.8 Å². The molecule has 0 saturated carbocycles. The lowest BCUT2D eigenvalue weighted by Gasteiger charge is -2.08. The van der Waals surface area contributed by atoms with Crippen molar-refractivity contribution < 1.29 is 13.9 Å². The third-order valence-electron chi connectivity index (χ3n) is 2.27. The lowest BCUT2D eigenvalue weighted by atomic mass is 10.2. The summed E-state index contributed by atoms with van der Waals surface area (Å²) in [5.74, 6) is 4.82. The normalized spacial score (nSPS) is 10.3. The molecule has 3 N–H and O–H groups in total. The molecular weight excluding hydrogens is 251 g/mol. The third kappa shape index (κ3) is 3.36. The highest BCUT2D eigenvalue weighted by atomic mass is 19.1. The van der Waals surface area contributed by atoms with Gasteiger partial charge in [0.15, 0.2) is 0 Å². The Kier molecular flexibility index (Phi) is 4.22. The van der Waals surface area contributed by atoms with E-state index in [1.165, 1.54) is 0 Å². The lowest BCUT2D eigenvalue weighted by molar-refractivity contribution is 0.184. The van der Waals surface area contributed by atoms with Gasteiger partial charge in [-0.3, -0.25) is 5.43 Å². The molecule has 100 valence electrons. The van der Waals surface area contributed by atoms with Crippen molar-refractivity contribution in [1.29, 1.82) is 0 Å². The van der Waals surface area contributed by atoms with Crippen LogP contribution in [-0.4, -0.2) is 17.1 Å². The largest absolute Gasteiger partial charge is 0.436 e. The van der Waals surface area contributed by atoms with Crippen LogP contribution in [0.4, 0.5) is 10.3 Å². The summed E-state index contributed by atoms with van der Waals surface area (Å²) in [6.07, 6.45) is 0.983. The Morgan fingerprint density at radius 3 is 3.00 bits per heavy atom. The number of ether oxygens (including phenoxy) is 2. The Labute approximate surface area is 109 Å². The Balaban J connectivity index is 2.22. The summed E-state index contributed by atoms with van der Waals surface area (Å²) in [5.41, 5.74) is 3.13. The minimum Gasteiger partial charge on any atom is -0.436 e. The molecule has 1 aromatic heterocycles. The summed E-state index contributed by atoms with van der Waals surface area (Å²) in [4.78, 5) is 7.41. The van der Waals surface area contributed by atoms with Crippen LogP contribution in [0.15, 0.2) is 30.5 Å². The monoisotopic (exact) mass is 264 g/mol. The van der Waals surface area contributed by atoms with Gasteiger partial charge in [-0.15, -0.1) is 0 Å². The van der Waals surface area contributed by atoms with E-state index in [-0.39, 0.29) is 11.8 Å². The van der Waals surface area contributed by atoms with Gasteiger partial charge < -0.3 is 9.47 Å². The van der Waals surface area contributed by atoms with Gasteiger partial charge in [0, 0.05) is 7.11 Å². The van der Waals surface area contributed by atoms with Crippen LogP contribution in [0, 0.1) is 5.82 Å². The van der Waals surface area contributed by atoms with E-state index in [0.29, 0.717) is 12.4 Å². The summed E-state index contributed by atoms with van der Waals surface area (Å²) in [6, 6.07) is 7.08. The quantitative estimate of drug-likeness (QED) is 0.633. The molecule has 19 heavy (non-hydrogen) atoms. The SMILES string of the molecule is COCc1cccc(Oc2nc(NN)ncc2F)c1. The van der Waals surface area contributed by atoms with Crippen molar-refractivity contribution in [1.82, 2.24) is 9.97 Å². The van der Waals surface area contributed by atoms with Crippen LogP contribution in [0.1, 0.15) is 5.56 Å². The van der Waals surface area contributed by atoms with Crippen molar-refractivity contribution in [3.8, 4) is 11.6 Å². The number of rotatable bonds is 5. The van der Waals surface area contributed by atoms with E-state index in [2.05, 4.69) is 15.4 Å². The van der Waals surface area contributed by atoms with Crippen LogP contribution in [0.3, 0.4) is 0 Å². The number of methoxy groups -OCH3 is 1. The molecule has 7 heteroatoms. The van der Waals surface area contributed by atoms with Crippen molar-refractivity contribution in [3.05, 3.63) is 41.8 Å². The topological polar surface area (TPSA) is 82.3 Å². The van der Waals surface area contributed by atoms with Crippen LogP contribution in [0.5, 0.6) is 11.6 Å². The zero-order valence-electron chi connectivity index (χ0n) is 10.3. The molecule has 0 saturated heterocycles. The third-order valence-corrected chi connectivity index (χ3v) is 2.27. The Bertz CT molecular complexity index is 565. The molecule has 0 aliphatic heterocycles. The molecule has 1 heterocycles. The van der Waals surface area contributed by atoms with E-state index in [0.717, 1.165) is 11.8 Å². The Morgan fingerprint density at radius 2 is 2.26 bits per heavy atom. The van der Waals surface area contributed by atoms with Crippen LogP contribution < -0.4 is 16.0 Å². The van der Waals surface area contributed by atoms with Crippen LogP contribution in [-0.2, 0) is 11.3 Å². The first-order chi connectivity index (χ1) is 9.22. The standard InChI is InChI=1S/C12H13FN4O2/c1-18-7-8-3-2-4-9(5-8)19-11-10(13)6-15-12(16-11)17-14/h2-6H,7,14H2,1H3,(H,15,16,17). The summed E-state index contributed by atoms with van der Waals surface area (Å²) >= 11 is 0. The minimum atomic E-state index is -0.670. The second-order valence-electron chi connectivity index (χ2n) is 3.67. The van der Waals surface area contributed by atoms with Crippen LogP contribution >= 0.6 is 0 Å². The maximum atomic E-state index is 13.5. The molecular formula is C12H13FN4O2. The maximum absolute atomic E-state index is 13.5. The summed E-state index contributed by atoms with van der Waals surface area (Å²) in [5, 5.41) is 0. The molecule has 0 aliphatic carbocycles. The second-order valence-corrected chi connectivity index (χ2v) is 3.67. The molecule has 0 bridgehead atoms. The fourth-order valence-corrected chi connectivity index (χ4v) is 1.47. The molecule has 1 aromatic carbocycles. The number of nitrogens with one attached hydrogen (secondary N) is 1. The van der Waals surface area contributed by atoms with E-state index in [1.54, 1.807) is 25.3 Å². The average Bonchev–Trinajstić information content (AvgIpc) is 2.42.